The predicted octanol–water partition coefficient (Wildman–Crippen LogP) is 1.17. The summed E-state index contributed by atoms with van der Waals surface area (Å²) < 4.78 is 10.8. The Morgan fingerprint density at radius 1 is 1.35 bits per heavy atom. The van der Waals surface area contributed by atoms with Crippen molar-refractivity contribution in [1.29, 1.82) is 0 Å². The molecule has 0 aromatic carbocycles. The van der Waals surface area contributed by atoms with Crippen LogP contribution in [0.3, 0.4) is 0 Å². The highest BCUT2D eigenvalue weighted by Crippen LogP contribution is 2.33. The maximum Gasteiger partial charge on any atom is 0.326 e. The first-order chi connectivity index (χ1) is 9.50. The maximum atomic E-state index is 12.1. The van der Waals surface area contributed by atoms with Crippen molar-refractivity contribution in [2.45, 2.75) is 63.3 Å². The number of morpholine rings is 1. The van der Waals surface area contributed by atoms with E-state index in [1.807, 2.05) is 7.05 Å². The van der Waals surface area contributed by atoms with E-state index in [-0.39, 0.29) is 18.2 Å². The van der Waals surface area contributed by atoms with Gasteiger partial charge >= 0.3 is 5.97 Å². The second kappa shape index (κ2) is 6.41. The van der Waals surface area contributed by atoms with E-state index in [1.54, 1.807) is 0 Å². The molecule has 1 heterocycles. The number of likely N-dealkylation sites (N-methyl/N-ethyl adjacent to an activating group) is 1. The number of nitrogens with one attached hydrogen (secondary N) is 1. The Morgan fingerprint density at radius 3 is 2.55 bits per heavy atom. The summed E-state index contributed by atoms with van der Waals surface area (Å²) in [5, 5.41) is 3.23. The normalized spacial score (nSPS) is 39.5. The van der Waals surface area contributed by atoms with Gasteiger partial charge in [-0.05, 0) is 46.6 Å². The van der Waals surface area contributed by atoms with Gasteiger partial charge in [0, 0.05) is 19.1 Å². The minimum absolute atomic E-state index is 0.126. The Hall–Kier alpha value is -0.650. The van der Waals surface area contributed by atoms with Crippen LogP contribution in [0.5, 0.6) is 0 Å². The molecule has 0 amide bonds. The monoisotopic (exact) mass is 284 g/mol. The number of carbonyl (C=O) groups excluding carboxylic acids is 1. The van der Waals surface area contributed by atoms with Gasteiger partial charge in [0.25, 0.3) is 0 Å². The average molecular weight is 284 g/mol. The summed E-state index contributed by atoms with van der Waals surface area (Å²) in [6.07, 6.45) is 4.43. The van der Waals surface area contributed by atoms with Crippen molar-refractivity contribution in [3.05, 3.63) is 0 Å². The van der Waals surface area contributed by atoms with Gasteiger partial charge in [-0.25, -0.2) is 0 Å². The Labute approximate surface area is 122 Å². The van der Waals surface area contributed by atoms with Crippen molar-refractivity contribution in [3.63, 3.8) is 0 Å². The molecule has 0 spiro atoms. The summed E-state index contributed by atoms with van der Waals surface area (Å²) in [6, 6.07) is 0.434. The summed E-state index contributed by atoms with van der Waals surface area (Å²) in [5.41, 5.74) is -0.511. The van der Waals surface area contributed by atoms with Gasteiger partial charge in [-0.3, -0.25) is 9.69 Å². The summed E-state index contributed by atoms with van der Waals surface area (Å²) in [7, 11) is 3.34. The molecule has 0 aromatic rings. The molecule has 1 saturated carbocycles. The van der Waals surface area contributed by atoms with Crippen LogP contribution < -0.4 is 5.32 Å². The zero-order valence-corrected chi connectivity index (χ0v) is 13.1. The molecule has 4 atom stereocenters. The van der Waals surface area contributed by atoms with Crippen molar-refractivity contribution in [1.82, 2.24) is 10.2 Å². The molecule has 1 saturated heterocycles. The second-order valence-electron chi connectivity index (χ2n) is 6.29. The fraction of sp³-hybridized carbons (Fsp3) is 0.933. The molecule has 0 aromatic heterocycles. The highest BCUT2D eigenvalue weighted by Gasteiger charge is 2.44. The lowest BCUT2D eigenvalue weighted by Gasteiger charge is -2.46. The van der Waals surface area contributed by atoms with Crippen LogP contribution in [-0.4, -0.2) is 61.9 Å². The highest BCUT2D eigenvalue weighted by atomic mass is 16.5. The largest absolute Gasteiger partial charge is 0.468 e. The minimum Gasteiger partial charge on any atom is -0.468 e. The van der Waals surface area contributed by atoms with Gasteiger partial charge in [-0.2, -0.15) is 0 Å². The van der Waals surface area contributed by atoms with Crippen LogP contribution in [0, 0.1) is 0 Å². The van der Waals surface area contributed by atoms with Gasteiger partial charge in [0.15, 0.2) is 0 Å². The SMILES string of the molecule is CNC1(C(=O)OC)CCCC(N2CC(C)OC(C)C2)C1. The minimum atomic E-state index is -0.511. The molecule has 1 aliphatic heterocycles. The van der Waals surface area contributed by atoms with Crippen LogP contribution in [-0.2, 0) is 14.3 Å². The lowest BCUT2D eigenvalue weighted by molar-refractivity contribution is -0.152. The fourth-order valence-electron chi connectivity index (χ4n) is 3.78. The van der Waals surface area contributed by atoms with Crippen molar-refractivity contribution >= 4 is 5.97 Å². The third kappa shape index (κ3) is 3.15. The predicted molar refractivity (Wildman–Crippen MR) is 77.6 cm³/mol. The van der Waals surface area contributed by atoms with Gasteiger partial charge in [0.2, 0.25) is 0 Å². The van der Waals surface area contributed by atoms with Crippen LogP contribution in [0.25, 0.3) is 0 Å². The third-order valence-corrected chi connectivity index (χ3v) is 4.74. The quantitative estimate of drug-likeness (QED) is 0.789. The molecule has 116 valence electrons. The molecule has 1 aliphatic carbocycles. The highest BCUT2D eigenvalue weighted by molar-refractivity contribution is 5.81. The smallest absolute Gasteiger partial charge is 0.326 e. The molecule has 20 heavy (non-hydrogen) atoms. The van der Waals surface area contributed by atoms with Crippen LogP contribution in [0.15, 0.2) is 0 Å². The van der Waals surface area contributed by atoms with E-state index in [4.69, 9.17) is 9.47 Å². The first kappa shape index (κ1) is 15.7. The molecule has 2 rings (SSSR count). The van der Waals surface area contributed by atoms with Crippen LogP contribution in [0.4, 0.5) is 0 Å². The number of hydrogen-bond donors (Lipinski definition) is 1. The molecule has 2 fully saturated rings. The zero-order valence-electron chi connectivity index (χ0n) is 13.1. The van der Waals surface area contributed by atoms with Gasteiger partial charge in [0.1, 0.15) is 5.54 Å². The number of esters is 1. The van der Waals surface area contributed by atoms with Crippen molar-refractivity contribution < 1.29 is 14.3 Å². The van der Waals surface area contributed by atoms with E-state index in [2.05, 4.69) is 24.1 Å². The van der Waals surface area contributed by atoms with E-state index < -0.39 is 5.54 Å². The maximum absolute atomic E-state index is 12.1. The Balaban J connectivity index is 2.07. The number of nitrogens with zero attached hydrogens (tertiary/aromatic N) is 1. The van der Waals surface area contributed by atoms with Crippen LogP contribution in [0.2, 0.25) is 0 Å². The summed E-state index contributed by atoms with van der Waals surface area (Å²) >= 11 is 0. The molecular weight excluding hydrogens is 256 g/mol. The lowest BCUT2D eigenvalue weighted by Crippen LogP contribution is -2.60. The van der Waals surface area contributed by atoms with Crippen molar-refractivity contribution in [2.75, 3.05) is 27.2 Å². The standard InChI is InChI=1S/C15H28N2O3/c1-11-9-17(10-12(2)20-11)13-6-5-7-15(8-13,16-3)14(18)19-4/h11-13,16H,5-10H2,1-4H3. The van der Waals surface area contributed by atoms with Gasteiger partial charge < -0.3 is 14.8 Å². The second-order valence-corrected chi connectivity index (χ2v) is 6.29. The zero-order chi connectivity index (χ0) is 14.8. The topological polar surface area (TPSA) is 50.8 Å². The molecule has 0 bridgehead atoms. The lowest BCUT2D eigenvalue weighted by atomic mass is 9.78. The molecular formula is C15H28N2O3. The number of hydrogen-bond acceptors (Lipinski definition) is 5. The van der Waals surface area contributed by atoms with Crippen molar-refractivity contribution in [3.8, 4) is 0 Å². The molecule has 5 nitrogen and oxygen atoms in total. The van der Waals surface area contributed by atoms with Crippen LogP contribution >= 0.6 is 0 Å². The van der Waals surface area contributed by atoms with Gasteiger partial charge in [0.05, 0.1) is 19.3 Å². The van der Waals surface area contributed by atoms with Crippen molar-refractivity contribution in [2.24, 2.45) is 0 Å². The summed E-state index contributed by atoms with van der Waals surface area (Å²) in [5.74, 6) is -0.126. The molecule has 2 aliphatic rings. The van der Waals surface area contributed by atoms with Gasteiger partial charge in [-0.15, -0.1) is 0 Å². The summed E-state index contributed by atoms with van der Waals surface area (Å²) in [6.45, 7) is 6.15. The summed E-state index contributed by atoms with van der Waals surface area (Å²) in [4.78, 5) is 14.6. The van der Waals surface area contributed by atoms with Crippen LogP contribution in [0.1, 0.15) is 39.5 Å². The van der Waals surface area contributed by atoms with Gasteiger partial charge in [-0.1, -0.05) is 0 Å². The van der Waals surface area contributed by atoms with E-state index in [9.17, 15) is 4.79 Å². The number of methoxy groups -OCH3 is 1. The fourth-order valence-corrected chi connectivity index (χ4v) is 3.78. The number of carbonyl (C=O) groups is 1. The number of rotatable bonds is 3. The first-order valence-corrected chi connectivity index (χ1v) is 7.67. The Bertz CT molecular complexity index is 340. The average Bonchev–Trinajstić information content (AvgIpc) is 2.45. The Kier molecular flexibility index (Phi) is 5.04. The first-order valence-electron chi connectivity index (χ1n) is 7.67. The Morgan fingerprint density at radius 2 is 2.00 bits per heavy atom. The molecule has 5 heteroatoms. The van der Waals surface area contributed by atoms with E-state index in [1.165, 1.54) is 7.11 Å². The van der Waals surface area contributed by atoms with E-state index in [0.717, 1.165) is 38.8 Å². The van der Waals surface area contributed by atoms with E-state index in [0.29, 0.717) is 6.04 Å². The molecule has 4 unspecified atom stereocenters. The van der Waals surface area contributed by atoms with E-state index >= 15 is 0 Å². The third-order valence-electron chi connectivity index (χ3n) is 4.74. The number of ether oxygens (including phenoxy) is 2. The molecule has 1 N–H and O–H groups in total. The molecule has 0 radical (unpaired) electrons.